The zero-order chi connectivity index (χ0) is 12.8. The highest BCUT2D eigenvalue weighted by Crippen LogP contribution is 2.23. The fraction of sp³-hybridized carbons (Fsp3) is 0.455. The Morgan fingerprint density at radius 3 is 2.94 bits per heavy atom. The van der Waals surface area contributed by atoms with Crippen LogP contribution in [0.5, 0.6) is 5.75 Å². The Bertz CT molecular complexity index is 397. The summed E-state index contributed by atoms with van der Waals surface area (Å²) in [5.41, 5.74) is 0.210. The van der Waals surface area contributed by atoms with E-state index in [-0.39, 0.29) is 23.4 Å². The van der Waals surface area contributed by atoms with Crippen LogP contribution >= 0.6 is 11.6 Å². The molecule has 1 N–H and O–H groups in total. The third kappa shape index (κ3) is 3.87. The lowest BCUT2D eigenvalue weighted by molar-refractivity contribution is 0.0592. The molecule has 94 valence electrons. The number of aromatic nitrogens is 1. The second-order valence-corrected chi connectivity index (χ2v) is 3.82. The maximum atomic E-state index is 11.5. The minimum Gasteiger partial charge on any atom is -0.490 e. The Hall–Kier alpha value is -1.33. The molecule has 6 heteroatoms. The summed E-state index contributed by atoms with van der Waals surface area (Å²) in [4.78, 5) is 15.2. The van der Waals surface area contributed by atoms with E-state index in [1.165, 1.54) is 19.4 Å². The van der Waals surface area contributed by atoms with Crippen LogP contribution in [0, 0.1) is 0 Å². The van der Waals surface area contributed by atoms with E-state index >= 15 is 0 Å². The summed E-state index contributed by atoms with van der Waals surface area (Å²) in [5.74, 6) is -0.238. The van der Waals surface area contributed by atoms with E-state index in [1.807, 2.05) is 0 Å². The van der Waals surface area contributed by atoms with Gasteiger partial charge < -0.3 is 14.6 Å². The third-order valence-electron chi connectivity index (χ3n) is 2.10. The van der Waals surface area contributed by atoms with Crippen LogP contribution in [0.1, 0.15) is 23.7 Å². The molecule has 0 spiro atoms. The molecule has 1 aromatic heterocycles. The first kappa shape index (κ1) is 13.7. The van der Waals surface area contributed by atoms with E-state index in [0.717, 1.165) is 0 Å². The van der Waals surface area contributed by atoms with Crippen molar-refractivity contribution in [3.05, 3.63) is 23.0 Å². The molecule has 0 amide bonds. The molecule has 1 aromatic rings. The maximum Gasteiger partial charge on any atom is 0.343 e. The topological polar surface area (TPSA) is 68.7 Å². The number of carbonyl (C=O) groups is 1. The number of esters is 1. The number of methoxy groups -OCH3 is 1. The summed E-state index contributed by atoms with van der Waals surface area (Å²) >= 11 is 5.73. The monoisotopic (exact) mass is 259 g/mol. The lowest BCUT2D eigenvalue weighted by Gasteiger charge is -2.15. The van der Waals surface area contributed by atoms with Crippen LogP contribution in [-0.4, -0.2) is 35.9 Å². The fourth-order valence-corrected chi connectivity index (χ4v) is 1.38. The first-order valence-corrected chi connectivity index (χ1v) is 5.47. The van der Waals surface area contributed by atoms with Crippen molar-refractivity contribution in [2.24, 2.45) is 0 Å². The molecule has 0 aliphatic rings. The van der Waals surface area contributed by atoms with Crippen molar-refractivity contribution in [1.29, 1.82) is 0 Å². The van der Waals surface area contributed by atoms with Gasteiger partial charge in [-0.05, 0) is 6.92 Å². The summed E-state index contributed by atoms with van der Waals surface area (Å²) < 4.78 is 10.1. The van der Waals surface area contributed by atoms with Gasteiger partial charge in [0.25, 0.3) is 0 Å². The van der Waals surface area contributed by atoms with E-state index in [1.54, 1.807) is 6.92 Å². The van der Waals surface area contributed by atoms with Crippen molar-refractivity contribution in [3.63, 3.8) is 0 Å². The minimum absolute atomic E-state index is 0.00748. The Kier molecular flexibility index (Phi) is 5.18. The van der Waals surface area contributed by atoms with E-state index in [4.69, 9.17) is 21.4 Å². The van der Waals surface area contributed by atoms with Gasteiger partial charge in [0, 0.05) is 25.3 Å². The molecule has 17 heavy (non-hydrogen) atoms. The Morgan fingerprint density at radius 2 is 2.35 bits per heavy atom. The van der Waals surface area contributed by atoms with Crippen LogP contribution < -0.4 is 4.74 Å². The van der Waals surface area contributed by atoms with Crippen LogP contribution in [0.15, 0.2) is 12.3 Å². The number of rotatable bonds is 5. The van der Waals surface area contributed by atoms with E-state index in [9.17, 15) is 4.79 Å². The first-order valence-electron chi connectivity index (χ1n) is 5.09. The van der Waals surface area contributed by atoms with Gasteiger partial charge in [0.15, 0.2) is 0 Å². The largest absolute Gasteiger partial charge is 0.490 e. The molecule has 1 heterocycles. The average molecular weight is 260 g/mol. The summed E-state index contributed by atoms with van der Waals surface area (Å²) in [5, 5.41) is 9.01. The quantitative estimate of drug-likeness (QED) is 0.643. The number of hydrogen-bond acceptors (Lipinski definition) is 5. The number of carbonyl (C=O) groups excluding carboxylic acids is 1. The second-order valence-electron chi connectivity index (χ2n) is 3.44. The number of halogens is 1. The average Bonchev–Trinajstić information content (AvgIpc) is 2.28. The Labute approximate surface area is 104 Å². The highest BCUT2D eigenvalue weighted by atomic mass is 35.5. The van der Waals surface area contributed by atoms with Gasteiger partial charge in [-0.3, -0.25) is 0 Å². The van der Waals surface area contributed by atoms with Gasteiger partial charge in [-0.25, -0.2) is 9.78 Å². The van der Waals surface area contributed by atoms with Crippen molar-refractivity contribution in [2.45, 2.75) is 19.4 Å². The van der Waals surface area contributed by atoms with Gasteiger partial charge >= 0.3 is 5.97 Å². The van der Waals surface area contributed by atoms with Gasteiger partial charge in [0.2, 0.25) is 0 Å². The van der Waals surface area contributed by atoms with Crippen molar-refractivity contribution in [1.82, 2.24) is 4.98 Å². The highest BCUT2D eigenvalue weighted by molar-refractivity contribution is 6.29. The summed E-state index contributed by atoms with van der Waals surface area (Å²) in [6.07, 6.45) is 1.53. The zero-order valence-electron chi connectivity index (χ0n) is 9.64. The van der Waals surface area contributed by atoms with Gasteiger partial charge in [-0.1, -0.05) is 11.6 Å². The van der Waals surface area contributed by atoms with Crippen molar-refractivity contribution >= 4 is 17.6 Å². The summed E-state index contributed by atoms with van der Waals surface area (Å²) in [6.45, 7) is 1.79. The summed E-state index contributed by atoms with van der Waals surface area (Å²) in [7, 11) is 1.28. The number of pyridine rings is 1. The zero-order valence-corrected chi connectivity index (χ0v) is 10.4. The number of ether oxygens (including phenoxy) is 2. The lowest BCUT2D eigenvalue weighted by atomic mass is 10.2. The minimum atomic E-state index is -0.541. The lowest BCUT2D eigenvalue weighted by Crippen LogP contribution is -2.16. The molecule has 5 nitrogen and oxygen atoms in total. The van der Waals surface area contributed by atoms with Gasteiger partial charge in [0.05, 0.1) is 13.2 Å². The molecule has 0 aliphatic heterocycles. The maximum absolute atomic E-state index is 11.5. The SMILES string of the molecule is COC(=O)c1cnc(Cl)cc1O[C@@H](C)CCO. The van der Waals surface area contributed by atoms with Crippen LogP contribution in [0.2, 0.25) is 5.15 Å². The second kappa shape index (κ2) is 6.42. The van der Waals surface area contributed by atoms with Gasteiger partial charge in [-0.2, -0.15) is 0 Å². The molecular formula is C11H14ClNO4. The van der Waals surface area contributed by atoms with Crippen LogP contribution in [0.4, 0.5) is 0 Å². The molecule has 0 aliphatic carbocycles. The third-order valence-corrected chi connectivity index (χ3v) is 2.31. The van der Waals surface area contributed by atoms with E-state index < -0.39 is 5.97 Å². The normalized spacial score (nSPS) is 12.0. The molecule has 0 radical (unpaired) electrons. The Morgan fingerprint density at radius 1 is 1.65 bits per heavy atom. The molecular weight excluding hydrogens is 246 g/mol. The number of aliphatic hydroxyl groups is 1. The van der Waals surface area contributed by atoms with Gasteiger partial charge in [-0.15, -0.1) is 0 Å². The molecule has 0 saturated carbocycles. The van der Waals surface area contributed by atoms with Crippen molar-refractivity contribution in [2.75, 3.05) is 13.7 Å². The molecule has 1 atom stereocenters. The standard InChI is InChI=1S/C11H14ClNO4/c1-7(3-4-14)17-9-5-10(12)13-6-8(9)11(15)16-2/h5-7,14H,3-4H2,1-2H3/t7-/m0/s1. The first-order chi connectivity index (χ1) is 8.08. The number of aliphatic hydroxyl groups excluding tert-OH is 1. The molecule has 0 aromatic carbocycles. The fourth-order valence-electron chi connectivity index (χ4n) is 1.23. The smallest absolute Gasteiger partial charge is 0.343 e. The van der Waals surface area contributed by atoms with E-state index in [0.29, 0.717) is 12.2 Å². The number of hydrogen-bond donors (Lipinski definition) is 1. The molecule has 0 saturated heterocycles. The van der Waals surface area contributed by atoms with Crippen LogP contribution in [-0.2, 0) is 4.74 Å². The molecule has 1 rings (SSSR count). The number of nitrogens with zero attached hydrogens (tertiary/aromatic N) is 1. The summed E-state index contributed by atoms with van der Waals surface area (Å²) in [6, 6.07) is 1.45. The van der Waals surface area contributed by atoms with Crippen LogP contribution in [0.25, 0.3) is 0 Å². The van der Waals surface area contributed by atoms with E-state index in [2.05, 4.69) is 9.72 Å². The molecule has 0 bridgehead atoms. The molecule has 0 unspecified atom stereocenters. The molecule has 0 fully saturated rings. The van der Waals surface area contributed by atoms with Gasteiger partial charge in [0.1, 0.15) is 16.5 Å². The van der Waals surface area contributed by atoms with Crippen molar-refractivity contribution in [3.8, 4) is 5.75 Å². The van der Waals surface area contributed by atoms with Crippen LogP contribution in [0.3, 0.4) is 0 Å². The predicted octanol–water partition coefficient (Wildman–Crippen LogP) is 1.67. The van der Waals surface area contributed by atoms with Crippen molar-refractivity contribution < 1.29 is 19.4 Å². The predicted molar refractivity (Wildman–Crippen MR) is 62.4 cm³/mol. The Balaban J connectivity index is 2.94. The highest BCUT2D eigenvalue weighted by Gasteiger charge is 2.16.